The van der Waals surface area contributed by atoms with Crippen LogP contribution in [0.5, 0.6) is 0 Å². The first kappa shape index (κ1) is 5.29. The van der Waals surface area contributed by atoms with E-state index in [1.165, 1.54) is 5.56 Å². The molecule has 0 saturated heterocycles. The van der Waals surface area contributed by atoms with E-state index in [0.717, 1.165) is 5.69 Å². The average Bonchev–Trinajstić information content (AvgIpc) is 1.77. The van der Waals surface area contributed by atoms with Gasteiger partial charge in [0.15, 0.2) is 0 Å². The Labute approximate surface area is 49.4 Å². The van der Waals surface area contributed by atoms with E-state index >= 15 is 0 Å². The van der Waals surface area contributed by atoms with E-state index in [2.05, 4.69) is 11.1 Å². The summed E-state index contributed by atoms with van der Waals surface area (Å²) in [6.45, 7) is 4.02. The van der Waals surface area contributed by atoms with E-state index in [-0.39, 0.29) is 0 Å². The minimum Gasteiger partial charge on any atom is -0.261 e. The first-order valence-electron chi connectivity index (χ1n) is 2.60. The van der Waals surface area contributed by atoms with Crippen molar-refractivity contribution in [1.29, 1.82) is 0 Å². The predicted octanol–water partition coefficient (Wildman–Crippen LogP) is 1.50. The van der Waals surface area contributed by atoms with Crippen LogP contribution in [-0.2, 0) is 0 Å². The molecule has 0 amide bonds. The van der Waals surface area contributed by atoms with Crippen molar-refractivity contribution < 1.29 is 0 Å². The van der Waals surface area contributed by atoms with Crippen LogP contribution in [-0.4, -0.2) is 4.98 Å². The number of hydrogen-bond acceptors (Lipinski definition) is 1. The molecule has 0 aromatic carbocycles. The van der Waals surface area contributed by atoms with Crippen molar-refractivity contribution in [2.75, 3.05) is 0 Å². The summed E-state index contributed by atoms with van der Waals surface area (Å²) >= 11 is 0. The van der Waals surface area contributed by atoms with Crippen LogP contribution in [0.1, 0.15) is 11.3 Å². The lowest BCUT2D eigenvalue weighted by molar-refractivity contribution is 1.15. The van der Waals surface area contributed by atoms with Gasteiger partial charge in [0.2, 0.25) is 0 Å². The van der Waals surface area contributed by atoms with Gasteiger partial charge in [-0.2, -0.15) is 0 Å². The molecule has 0 N–H and O–H groups in total. The minimum absolute atomic E-state index is 1.09. The van der Waals surface area contributed by atoms with Gasteiger partial charge in [-0.05, 0) is 25.5 Å². The molecule has 0 spiro atoms. The molecule has 1 aromatic rings. The summed E-state index contributed by atoms with van der Waals surface area (Å²) in [5, 5.41) is 0. The molecular weight excluding hydrogens is 98.1 g/mol. The average molecular weight is 106 g/mol. The second kappa shape index (κ2) is 1.95. The first-order valence-corrected chi connectivity index (χ1v) is 2.60. The number of nitrogens with zero attached hydrogens (tertiary/aromatic N) is 1. The fourth-order valence-electron chi connectivity index (χ4n) is 0.503. The fraction of sp³-hybridized carbons (Fsp3) is 0.286. The van der Waals surface area contributed by atoms with E-state index in [1.54, 1.807) is 6.20 Å². The summed E-state index contributed by atoms with van der Waals surface area (Å²) < 4.78 is 0. The summed E-state index contributed by atoms with van der Waals surface area (Å²) in [6.07, 6.45) is 1.68. The van der Waals surface area contributed by atoms with Crippen molar-refractivity contribution >= 4 is 0 Å². The molecule has 1 rings (SSSR count). The minimum atomic E-state index is 1.09. The highest BCUT2D eigenvalue weighted by molar-refractivity contribution is 5.14. The molecule has 0 saturated carbocycles. The quantitative estimate of drug-likeness (QED) is 0.488. The normalized spacial score (nSPS) is 9.25. The molecule has 0 bridgehead atoms. The highest BCUT2D eigenvalue weighted by atomic mass is 14.6. The molecule has 0 aliphatic heterocycles. The molecule has 0 unspecified atom stereocenters. The molecular formula is C7H8N. The summed E-state index contributed by atoms with van der Waals surface area (Å²) in [6, 6.07) is 4.82. The molecule has 1 aromatic heterocycles. The Morgan fingerprint density at radius 3 is 2.62 bits per heavy atom. The fourth-order valence-corrected chi connectivity index (χ4v) is 0.503. The molecule has 8 heavy (non-hydrogen) atoms. The number of pyridine rings is 1. The summed E-state index contributed by atoms with van der Waals surface area (Å²) in [5.74, 6) is 0. The van der Waals surface area contributed by atoms with Gasteiger partial charge < -0.3 is 0 Å². The molecule has 0 atom stereocenters. The smallest absolute Gasteiger partial charge is 0.0402 e. The Morgan fingerprint density at radius 2 is 2.25 bits per heavy atom. The van der Waals surface area contributed by atoms with Crippen molar-refractivity contribution in [3.05, 3.63) is 29.6 Å². The Balaban J connectivity index is 3.13. The topological polar surface area (TPSA) is 12.9 Å². The number of aromatic nitrogens is 1. The second-order valence-electron chi connectivity index (χ2n) is 1.84. The predicted molar refractivity (Wildman–Crippen MR) is 32.5 cm³/mol. The lowest BCUT2D eigenvalue weighted by Gasteiger charge is -1.92. The molecule has 41 valence electrons. The Bertz CT molecular complexity index is 160. The zero-order chi connectivity index (χ0) is 5.98. The van der Waals surface area contributed by atoms with Crippen LogP contribution in [0.15, 0.2) is 12.3 Å². The number of hydrogen-bond donors (Lipinski definition) is 0. The van der Waals surface area contributed by atoms with Crippen LogP contribution in [0.2, 0.25) is 0 Å². The van der Waals surface area contributed by atoms with Crippen LogP contribution < -0.4 is 0 Å². The highest BCUT2D eigenvalue weighted by Crippen LogP contribution is 1.97. The van der Waals surface area contributed by atoms with Gasteiger partial charge >= 0.3 is 0 Å². The van der Waals surface area contributed by atoms with Gasteiger partial charge in [0.1, 0.15) is 0 Å². The van der Waals surface area contributed by atoms with E-state index in [1.807, 2.05) is 19.9 Å². The lowest BCUT2D eigenvalue weighted by Crippen LogP contribution is -1.82. The van der Waals surface area contributed by atoms with Crippen LogP contribution in [0, 0.1) is 19.9 Å². The maximum Gasteiger partial charge on any atom is 0.0402 e. The van der Waals surface area contributed by atoms with E-state index in [4.69, 9.17) is 0 Å². The van der Waals surface area contributed by atoms with Crippen LogP contribution in [0.4, 0.5) is 0 Å². The van der Waals surface area contributed by atoms with Gasteiger partial charge in [-0.15, -0.1) is 0 Å². The Hall–Kier alpha value is -0.850. The van der Waals surface area contributed by atoms with Gasteiger partial charge in [0.05, 0.1) is 0 Å². The monoisotopic (exact) mass is 106 g/mol. The molecule has 1 heteroatoms. The Morgan fingerprint density at radius 1 is 1.50 bits per heavy atom. The molecule has 1 radical (unpaired) electrons. The summed E-state index contributed by atoms with van der Waals surface area (Å²) in [7, 11) is 0. The first-order chi connectivity index (χ1) is 3.80. The third kappa shape index (κ3) is 0.861. The maximum atomic E-state index is 4.02. The summed E-state index contributed by atoms with van der Waals surface area (Å²) in [5.41, 5.74) is 2.29. The van der Waals surface area contributed by atoms with E-state index < -0.39 is 0 Å². The summed E-state index contributed by atoms with van der Waals surface area (Å²) in [4.78, 5) is 4.02. The third-order valence-corrected chi connectivity index (χ3v) is 1.20. The molecule has 1 heterocycles. The SMILES string of the molecule is Cc1c[c]cnc1C. The third-order valence-electron chi connectivity index (χ3n) is 1.20. The van der Waals surface area contributed by atoms with Gasteiger partial charge in [0, 0.05) is 18.0 Å². The molecule has 0 aliphatic carbocycles. The molecule has 0 aliphatic rings. The van der Waals surface area contributed by atoms with Crippen molar-refractivity contribution in [2.45, 2.75) is 13.8 Å². The molecule has 1 nitrogen and oxygen atoms in total. The van der Waals surface area contributed by atoms with Gasteiger partial charge in [-0.3, -0.25) is 4.98 Å². The van der Waals surface area contributed by atoms with Gasteiger partial charge in [-0.25, -0.2) is 0 Å². The number of rotatable bonds is 0. The van der Waals surface area contributed by atoms with Gasteiger partial charge in [0.25, 0.3) is 0 Å². The standard InChI is InChI=1S/C7H8N/c1-6-4-3-5-8-7(6)2/h4-5H,1-2H3. The molecule has 0 fully saturated rings. The van der Waals surface area contributed by atoms with Crippen LogP contribution in [0.3, 0.4) is 0 Å². The maximum absolute atomic E-state index is 4.02. The number of aryl methyl sites for hydroxylation is 2. The zero-order valence-electron chi connectivity index (χ0n) is 5.10. The van der Waals surface area contributed by atoms with Crippen molar-refractivity contribution in [2.24, 2.45) is 0 Å². The van der Waals surface area contributed by atoms with Crippen molar-refractivity contribution in [3.63, 3.8) is 0 Å². The lowest BCUT2D eigenvalue weighted by atomic mass is 10.2. The van der Waals surface area contributed by atoms with E-state index in [0.29, 0.717) is 0 Å². The van der Waals surface area contributed by atoms with Crippen molar-refractivity contribution in [1.82, 2.24) is 4.98 Å². The largest absolute Gasteiger partial charge is 0.261 e. The zero-order valence-corrected chi connectivity index (χ0v) is 5.10. The van der Waals surface area contributed by atoms with E-state index in [9.17, 15) is 0 Å². The van der Waals surface area contributed by atoms with Gasteiger partial charge in [-0.1, -0.05) is 0 Å². The van der Waals surface area contributed by atoms with Crippen LogP contribution in [0.25, 0.3) is 0 Å². The van der Waals surface area contributed by atoms with Crippen molar-refractivity contribution in [3.8, 4) is 0 Å². The highest BCUT2D eigenvalue weighted by Gasteiger charge is 1.85. The second-order valence-corrected chi connectivity index (χ2v) is 1.84. The Kier molecular flexibility index (Phi) is 1.29. The van der Waals surface area contributed by atoms with Crippen LogP contribution >= 0.6 is 0 Å².